The molecule has 17 heavy (non-hydrogen) atoms. The minimum atomic E-state index is 0.527. The van der Waals surface area contributed by atoms with E-state index in [9.17, 15) is 0 Å². The Labute approximate surface area is 102 Å². The molecule has 0 aliphatic heterocycles. The zero-order valence-electron chi connectivity index (χ0n) is 10.3. The standard InChI is InChI=1S/C13H19NO3/c1-3-7-16-8-9-17-13-6-4-5-12(10-13)11(2)14-15/h4-6,10,15H,3,7-9H2,1-2H3/b14-11+. The van der Waals surface area contributed by atoms with Gasteiger partial charge < -0.3 is 14.7 Å². The van der Waals surface area contributed by atoms with E-state index in [1.165, 1.54) is 0 Å². The second kappa shape index (κ2) is 7.68. The average Bonchev–Trinajstić information content (AvgIpc) is 2.38. The number of ether oxygens (including phenoxy) is 2. The first kappa shape index (κ1) is 13.5. The summed E-state index contributed by atoms with van der Waals surface area (Å²) in [5.41, 5.74) is 1.41. The van der Waals surface area contributed by atoms with Crippen molar-refractivity contribution in [3.05, 3.63) is 29.8 Å². The number of hydrogen-bond donors (Lipinski definition) is 1. The van der Waals surface area contributed by atoms with Crippen molar-refractivity contribution in [2.75, 3.05) is 19.8 Å². The third-order valence-electron chi connectivity index (χ3n) is 2.25. The number of oxime groups is 1. The predicted octanol–water partition coefficient (Wildman–Crippen LogP) is 2.69. The van der Waals surface area contributed by atoms with Crippen LogP contribution >= 0.6 is 0 Å². The summed E-state index contributed by atoms with van der Waals surface area (Å²) < 4.78 is 10.8. The highest BCUT2D eigenvalue weighted by molar-refractivity contribution is 5.98. The molecule has 0 heterocycles. The highest BCUT2D eigenvalue weighted by atomic mass is 16.5. The van der Waals surface area contributed by atoms with Crippen molar-refractivity contribution in [3.8, 4) is 5.75 Å². The van der Waals surface area contributed by atoms with Crippen LogP contribution < -0.4 is 4.74 Å². The third-order valence-corrected chi connectivity index (χ3v) is 2.25. The molecule has 0 atom stereocenters. The SMILES string of the molecule is CCCOCCOc1cccc(/C(C)=N/O)c1. The van der Waals surface area contributed by atoms with Gasteiger partial charge in [0.25, 0.3) is 0 Å². The van der Waals surface area contributed by atoms with Gasteiger partial charge in [-0.05, 0) is 25.5 Å². The van der Waals surface area contributed by atoms with Gasteiger partial charge in [-0.15, -0.1) is 0 Å². The maximum Gasteiger partial charge on any atom is 0.120 e. The molecule has 1 rings (SSSR count). The quantitative estimate of drug-likeness (QED) is 0.343. The van der Waals surface area contributed by atoms with E-state index < -0.39 is 0 Å². The molecule has 1 aromatic rings. The van der Waals surface area contributed by atoms with Crippen LogP contribution in [0, 0.1) is 0 Å². The molecule has 0 aliphatic carbocycles. The lowest BCUT2D eigenvalue weighted by molar-refractivity contribution is 0.101. The van der Waals surface area contributed by atoms with Crippen LogP contribution in [0.2, 0.25) is 0 Å². The second-order valence-corrected chi connectivity index (χ2v) is 3.67. The van der Waals surface area contributed by atoms with E-state index in [1.807, 2.05) is 24.3 Å². The van der Waals surface area contributed by atoms with Crippen LogP contribution in [-0.4, -0.2) is 30.7 Å². The van der Waals surface area contributed by atoms with Crippen molar-refractivity contribution >= 4 is 5.71 Å². The molecule has 0 radical (unpaired) electrons. The van der Waals surface area contributed by atoms with Crippen LogP contribution in [0.1, 0.15) is 25.8 Å². The van der Waals surface area contributed by atoms with Crippen LogP contribution in [-0.2, 0) is 4.74 Å². The third kappa shape index (κ3) is 4.87. The van der Waals surface area contributed by atoms with Gasteiger partial charge in [0.2, 0.25) is 0 Å². The van der Waals surface area contributed by atoms with E-state index in [4.69, 9.17) is 14.7 Å². The summed E-state index contributed by atoms with van der Waals surface area (Å²) in [6, 6.07) is 7.45. The lowest BCUT2D eigenvalue weighted by Crippen LogP contribution is -2.07. The smallest absolute Gasteiger partial charge is 0.120 e. The largest absolute Gasteiger partial charge is 0.491 e. The van der Waals surface area contributed by atoms with Gasteiger partial charge >= 0.3 is 0 Å². The normalized spacial score (nSPS) is 11.5. The van der Waals surface area contributed by atoms with Gasteiger partial charge in [0.1, 0.15) is 12.4 Å². The fourth-order valence-electron chi connectivity index (χ4n) is 1.33. The number of nitrogens with zero attached hydrogens (tertiary/aromatic N) is 1. The maximum atomic E-state index is 8.68. The van der Waals surface area contributed by atoms with Crippen molar-refractivity contribution in [1.29, 1.82) is 0 Å². The van der Waals surface area contributed by atoms with Gasteiger partial charge in [-0.3, -0.25) is 0 Å². The molecule has 0 saturated carbocycles. The molecule has 0 unspecified atom stereocenters. The lowest BCUT2D eigenvalue weighted by Gasteiger charge is -2.07. The molecule has 0 amide bonds. The first-order chi connectivity index (χ1) is 8.27. The highest BCUT2D eigenvalue weighted by Gasteiger charge is 2.00. The minimum absolute atomic E-state index is 0.527. The summed E-state index contributed by atoms with van der Waals surface area (Å²) in [7, 11) is 0. The van der Waals surface area contributed by atoms with Gasteiger partial charge in [0, 0.05) is 12.2 Å². The summed E-state index contributed by atoms with van der Waals surface area (Å²) >= 11 is 0. The molecular weight excluding hydrogens is 218 g/mol. The first-order valence-corrected chi connectivity index (χ1v) is 5.77. The fourth-order valence-corrected chi connectivity index (χ4v) is 1.33. The van der Waals surface area contributed by atoms with Crippen molar-refractivity contribution in [2.24, 2.45) is 5.16 Å². The predicted molar refractivity (Wildman–Crippen MR) is 67.0 cm³/mol. The Morgan fingerprint density at radius 3 is 2.82 bits per heavy atom. The van der Waals surface area contributed by atoms with Gasteiger partial charge in [-0.2, -0.15) is 0 Å². The summed E-state index contributed by atoms with van der Waals surface area (Å²) in [6.07, 6.45) is 1.02. The van der Waals surface area contributed by atoms with E-state index in [1.54, 1.807) is 6.92 Å². The van der Waals surface area contributed by atoms with E-state index in [2.05, 4.69) is 12.1 Å². The van der Waals surface area contributed by atoms with Crippen LogP contribution in [0.5, 0.6) is 5.75 Å². The Morgan fingerprint density at radius 2 is 2.12 bits per heavy atom. The molecule has 0 bridgehead atoms. The Morgan fingerprint density at radius 1 is 1.29 bits per heavy atom. The number of benzene rings is 1. The number of rotatable bonds is 7. The van der Waals surface area contributed by atoms with Gasteiger partial charge in [0.15, 0.2) is 0 Å². The summed E-state index contributed by atoms with van der Waals surface area (Å²) in [5, 5.41) is 11.8. The Balaban J connectivity index is 2.43. The molecule has 0 aliphatic rings. The van der Waals surface area contributed by atoms with Crippen molar-refractivity contribution in [3.63, 3.8) is 0 Å². The van der Waals surface area contributed by atoms with E-state index in [0.29, 0.717) is 18.9 Å². The molecule has 0 fully saturated rings. The Kier molecular flexibility index (Phi) is 6.10. The van der Waals surface area contributed by atoms with Gasteiger partial charge in [-0.25, -0.2) is 0 Å². The lowest BCUT2D eigenvalue weighted by atomic mass is 10.1. The molecule has 1 aromatic carbocycles. The zero-order chi connectivity index (χ0) is 12.5. The van der Waals surface area contributed by atoms with Crippen LogP contribution in [0.3, 0.4) is 0 Å². The summed E-state index contributed by atoms with van der Waals surface area (Å²) in [5.74, 6) is 0.755. The maximum absolute atomic E-state index is 8.68. The van der Waals surface area contributed by atoms with Crippen LogP contribution in [0.15, 0.2) is 29.4 Å². The molecular formula is C13H19NO3. The Hall–Kier alpha value is -1.55. The Bertz CT molecular complexity index is 363. The summed E-state index contributed by atoms with van der Waals surface area (Å²) in [6.45, 7) is 5.69. The molecule has 0 aromatic heterocycles. The second-order valence-electron chi connectivity index (χ2n) is 3.67. The molecule has 0 saturated heterocycles. The van der Waals surface area contributed by atoms with Crippen molar-refractivity contribution < 1.29 is 14.7 Å². The molecule has 4 heteroatoms. The molecule has 1 N–H and O–H groups in total. The summed E-state index contributed by atoms with van der Waals surface area (Å²) in [4.78, 5) is 0. The fraction of sp³-hybridized carbons (Fsp3) is 0.462. The monoisotopic (exact) mass is 237 g/mol. The topological polar surface area (TPSA) is 51.0 Å². The molecule has 94 valence electrons. The van der Waals surface area contributed by atoms with Crippen molar-refractivity contribution in [2.45, 2.75) is 20.3 Å². The van der Waals surface area contributed by atoms with Crippen LogP contribution in [0.25, 0.3) is 0 Å². The van der Waals surface area contributed by atoms with E-state index in [0.717, 1.165) is 24.3 Å². The zero-order valence-corrected chi connectivity index (χ0v) is 10.3. The molecule has 4 nitrogen and oxygen atoms in total. The average molecular weight is 237 g/mol. The highest BCUT2D eigenvalue weighted by Crippen LogP contribution is 2.13. The minimum Gasteiger partial charge on any atom is -0.491 e. The van der Waals surface area contributed by atoms with Crippen molar-refractivity contribution in [1.82, 2.24) is 0 Å². The van der Waals surface area contributed by atoms with E-state index in [-0.39, 0.29) is 0 Å². The van der Waals surface area contributed by atoms with Gasteiger partial charge in [-0.1, -0.05) is 24.2 Å². The van der Waals surface area contributed by atoms with Crippen LogP contribution in [0.4, 0.5) is 0 Å². The molecule has 0 spiro atoms. The first-order valence-electron chi connectivity index (χ1n) is 5.77. The van der Waals surface area contributed by atoms with Gasteiger partial charge in [0.05, 0.1) is 12.3 Å². The number of hydrogen-bond acceptors (Lipinski definition) is 4. The van der Waals surface area contributed by atoms with E-state index >= 15 is 0 Å².